The molecular formula is C16H16ClN3O3. The number of hydrogen-bond donors (Lipinski definition) is 2. The quantitative estimate of drug-likeness (QED) is 0.881. The van der Waals surface area contributed by atoms with E-state index in [1.807, 2.05) is 0 Å². The maximum atomic E-state index is 12.1. The highest BCUT2D eigenvalue weighted by Crippen LogP contribution is 2.12. The Kier molecular flexibility index (Phi) is 5.54. The van der Waals surface area contributed by atoms with E-state index >= 15 is 0 Å². The van der Waals surface area contributed by atoms with Crippen LogP contribution in [0, 0.1) is 0 Å². The highest BCUT2D eigenvalue weighted by atomic mass is 35.5. The van der Waals surface area contributed by atoms with Gasteiger partial charge in [-0.2, -0.15) is 0 Å². The van der Waals surface area contributed by atoms with E-state index < -0.39 is 6.04 Å². The van der Waals surface area contributed by atoms with Gasteiger partial charge in [0.2, 0.25) is 11.8 Å². The highest BCUT2D eigenvalue weighted by molar-refractivity contribution is 6.30. The van der Waals surface area contributed by atoms with E-state index in [4.69, 9.17) is 16.3 Å². The van der Waals surface area contributed by atoms with E-state index in [0.717, 1.165) is 0 Å². The van der Waals surface area contributed by atoms with Gasteiger partial charge in [-0.05, 0) is 37.3 Å². The molecule has 23 heavy (non-hydrogen) atoms. The van der Waals surface area contributed by atoms with Gasteiger partial charge >= 0.3 is 0 Å². The molecule has 2 amide bonds. The molecule has 1 aromatic carbocycles. The van der Waals surface area contributed by atoms with E-state index in [2.05, 4.69) is 15.6 Å². The van der Waals surface area contributed by atoms with Crippen LogP contribution in [-0.4, -0.2) is 29.9 Å². The summed E-state index contributed by atoms with van der Waals surface area (Å²) >= 11 is 5.77. The minimum Gasteiger partial charge on any atom is -0.481 e. The van der Waals surface area contributed by atoms with E-state index in [0.29, 0.717) is 22.2 Å². The fourth-order valence-corrected chi connectivity index (χ4v) is 1.90. The molecule has 0 radical (unpaired) electrons. The summed E-state index contributed by atoms with van der Waals surface area (Å²) in [5.74, 6) is -0.247. The molecule has 0 bridgehead atoms. The predicted octanol–water partition coefficient (Wildman–Crippen LogP) is 2.50. The fraction of sp³-hybridized carbons (Fsp3) is 0.188. The second-order valence-electron chi connectivity index (χ2n) is 4.78. The van der Waals surface area contributed by atoms with Gasteiger partial charge in [0.1, 0.15) is 6.04 Å². The lowest BCUT2D eigenvalue weighted by atomic mass is 10.2. The van der Waals surface area contributed by atoms with Crippen molar-refractivity contribution >= 4 is 29.1 Å². The summed E-state index contributed by atoms with van der Waals surface area (Å²) in [5, 5.41) is 5.83. The number of methoxy groups -OCH3 is 1. The number of aromatic nitrogens is 1. The Morgan fingerprint density at radius 2 is 1.87 bits per heavy atom. The van der Waals surface area contributed by atoms with Gasteiger partial charge in [-0.3, -0.25) is 9.59 Å². The number of nitrogens with one attached hydrogen (secondary N) is 2. The SMILES string of the molecule is COc1ccc(NC(=O)C(C)NC(=O)c2ccc(Cl)cc2)cn1. The largest absolute Gasteiger partial charge is 0.481 e. The third-order valence-electron chi connectivity index (χ3n) is 3.06. The van der Waals surface area contributed by atoms with E-state index in [-0.39, 0.29) is 11.8 Å². The van der Waals surface area contributed by atoms with Crippen molar-refractivity contribution in [2.24, 2.45) is 0 Å². The number of anilines is 1. The van der Waals surface area contributed by atoms with Crippen molar-refractivity contribution < 1.29 is 14.3 Å². The Labute approximate surface area is 138 Å². The third kappa shape index (κ3) is 4.69. The molecule has 0 saturated heterocycles. The lowest BCUT2D eigenvalue weighted by Crippen LogP contribution is -2.41. The van der Waals surface area contributed by atoms with Gasteiger partial charge in [0.05, 0.1) is 19.0 Å². The molecule has 1 unspecified atom stereocenters. The first-order valence-electron chi connectivity index (χ1n) is 6.87. The minimum atomic E-state index is -0.708. The van der Waals surface area contributed by atoms with Crippen molar-refractivity contribution in [3.8, 4) is 5.88 Å². The molecule has 0 spiro atoms. The van der Waals surface area contributed by atoms with E-state index in [9.17, 15) is 9.59 Å². The first-order valence-corrected chi connectivity index (χ1v) is 7.24. The molecule has 0 saturated carbocycles. The summed E-state index contributed by atoms with van der Waals surface area (Å²) < 4.78 is 4.94. The maximum absolute atomic E-state index is 12.1. The Hall–Kier alpha value is -2.60. The molecule has 0 aliphatic heterocycles. The van der Waals surface area contributed by atoms with Crippen LogP contribution in [0.2, 0.25) is 5.02 Å². The van der Waals surface area contributed by atoms with Crippen molar-refractivity contribution in [1.82, 2.24) is 10.3 Å². The van der Waals surface area contributed by atoms with Crippen LogP contribution in [0.5, 0.6) is 5.88 Å². The molecular weight excluding hydrogens is 318 g/mol. The smallest absolute Gasteiger partial charge is 0.251 e. The molecule has 2 aromatic rings. The number of benzene rings is 1. The van der Waals surface area contributed by atoms with Crippen molar-refractivity contribution in [2.75, 3.05) is 12.4 Å². The third-order valence-corrected chi connectivity index (χ3v) is 3.31. The molecule has 1 aromatic heterocycles. The second-order valence-corrected chi connectivity index (χ2v) is 5.22. The molecule has 0 aliphatic carbocycles. The molecule has 0 aliphatic rings. The van der Waals surface area contributed by atoms with Crippen LogP contribution in [0.4, 0.5) is 5.69 Å². The van der Waals surface area contributed by atoms with Crippen LogP contribution in [0.1, 0.15) is 17.3 Å². The normalized spacial score (nSPS) is 11.4. The number of nitrogens with zero attached hydrogens (tertiary/aromatic N) is 1. The zero-order chi connectivity index (χ0) is 16.8. The molecule has 120 valence electrons. The zero-order valence-electron chi connectivity index (χ0n) is 12.7. The number of carbonyl (C=O) groups excluding carboxylic acids is 2. The van der Waals surface area contributed by atoms with Gasteiger partial charge in [-0.15, -0.1) is 0 Å². The number of ether oxygens (including phenoxy) is 1. The molecule has 6 nitrogen and oxygen atoms in total. The van der Waals surface area contributed by atoms with E-state index in [1.54, 1.807) is 43.3 Å². The lowest BCUT2D eigenvalue weighted by Gasteiger charge is -2.14. The average Bonchev–Trinajstić information content (AvgIpc) is 2.56. The molecule has 2 rings (SSSR count). The van der Waals surface area contributed by atoms with Crippen LogP contribution in [-0.2, 0) is 4.79 Å². The average molecular weight is 334 g/mol. The Morgan fingerprint density at radius 3 is 2.43 bits per heavy atom. The van der Waals surface area contributed by atoms with Crippen molar-refractivity contribution in [2.45, 2.75) is 13.0 Å². The molecule has 1 atom stereocenters. The first-order chi connectivity index (χ1) is 11.0. The monoisotopic (exact) mass is 333 g/mol. The van der Waals surface area contributed by atoms with Gasteiger partial charge in [-0.1, -0.05) is 11.6 Å². The second kappa shape index (κ2) is 7.60. The van der Waals surface area contributed by atoms with Gasteiger partial charge in [-0.25, -0.2) is 4.98 Å². The number of halogens is 1. The molecule has 7 heteroatoms. The number of rotatable bonds is 5. The predicted molar refractivity (Wildman–Crippen MR) is 87.8 cm³/mol. The summed E-state index contributed by atoms with van der Waals surface area (Å²) in [7, 11) is 1.51. The van der Waals surface area contributed by atoms with Crippen LogP contribution in [0.3, 0.4) is 0 Å². The number of amides is 2. The first kappa shape index (κ1) is 16.8. The van der Waals surface area contributed by atoms with Crippen LogP contribution < -0.4 is 15.4 Å². The number of hydrogen-bond acceptors (Lipinski definition) is 4. The number of pyridine rings is 1. The van der Waals surface area contributed by atoms with Crippen LogP contribution in [0.15, 0.2) is 42.6 Å². The number of carbonyl (C=O) groups is 2. The standard InChI is InChI=1S/C16H16ClN3O3/c1-10(19-16(22)11-3-5-12(17)6-4-11)15(21)20-13-7-8-14(23-2)18-9-13/h3-10H,1-2H3,(H,19,22)(H,20,21). The maximum Gasteiger partial charge on any atom is 0.251 e. The summed E-state index contributed by atoms with van der Waals surface area (Å²) in [4.78, 5) is 28.1. The molecule has 2 N–H and O–H groups in total. The van der Waals surface area contributed by atoms with Crippen molar-refractivity contribution in [3.05, 3.63) is 53.2 Å². The van der Waals surface area contributed by atoms with Gasteiger partial charge in [0.15, 0.2) is 0 Å². The molecule has 1 heterocycles. The van der Waals surface area contributed by atoms with Crippen molar-refractivity contribution in [3.63, 3.8) is 0 Å². The lowest BCUT2D eigenvalue weighted by molar-refractivity contribution is -0.117. The van der Waals surface area contributed by atoms with Crippen LogP contribution >= 0.6 is 11.6 Å². The summed E-state index contributed by atoms with van der Waals surface area (Å²) in [6.45, 7) is 1.60. The topological polar surface area (TPSA) is 80.3 Å². The highest BCUT2D eigenvalue weighted by Gasteiger charge is 2.16. The van der Waals surface area contributed by atoms with Gasteiger partial charge in [0.25, 0.3) is 5.91 Å². The minimum absolute atomic E-state index is 0.348. The summed E-state index contributed by atoms with van der Waals surface area (Å²) in [6, 6.07) is 9.00. The molecule has 0 fully saturated rings. The Bertz CT molecular complexity index is 687. The van der Waals surface area contributed by atoms with E-state index in [1.165, 1.54) is 13.3 Å². The van der Waals surface area contributed by atoms with Crippen molar-refractivity contribution in [1.29, 1.82) is 0 Å². The van der Waals surface area contributed by atoms with Gasteiger partial charge in [0, 0.05) is 16.7 Å². The summed E-state index contributed by atoms with van der Waals surface area (Å²) in [6.07, 6.45) is 1.48. The Morgan fingerprint density at radius 1 is 1.17 bits per heavy atom. The van der Waals surface area contributed by atoms with Crippen LogP contribution in [0.25, 0.3) is 0 Å². The Balaban J connectivity index is 1.93. The fourth-order valence-electron chi connectivity index (χ4n) is 1.77. The van der Waals surface area contributed by atoms with Gasteiger partial charge < -0.3 is 15.4 Å². The zero-order valence-corrected chi connectivity index (χ0v) is 13.4. The summed E-state index contributed by atoms with van der Waals surface area (Å²) in [5.41, 5.74) is 0.948.